The molecule has 0 aliphatic heterocycles. The molecule has 0 spiro atoms. The molecule has 2 N–H and O–H groups in total. The van der Waals surface area contributed by atoms with Crippen LogP contribution in [0.25, 0.3) is 0 Å². The molecule has 0 saturated carbocycles. The number of nitrogens with zero attached hydrogens (tertiary/aromatic N) is 1. The van der Waals surface area contributed by atoms with Gasteiger partial charge < -0.3 is 15.2 Å². The summed E-state index contributed by atoms with van der Waals surface area (Å²) >= 11 is 11.7. The third-order valence-electron chi connectivity index (χ3n) is 3.45. The highest BCUT2D eigenvalue weighted by Gasteiger charge is 2.32. The summed E-state index contributed by atoms with van der Waals surface area (Å²) in [4.78, 5) is 21.3. The molecule has 7 nitrogen and oxygen atoms in total. The van der Waals surface area contributed by atoms with Gasteiger partial charge in [-0.2, -0.15) is 13.2 Å². The maximum atomic E-state index is 12.8. The molecule has 2 aromatic rings. The zero-order chi connectivity index (χ0) is 21.2. The molecule has 1 atom stereocenters. The molecule has 0 aliphatic carbocycles. The molecular weight excluding hydrogens is 428 g/mol. The number of hydrogen-bond donors (Lipinski definition) is 2. The lowest BCUT2D eigenvalue weighted by atomic mass is 10.2. The number of carbonyl (C=O) groups is 1. The Bertz CT molecular complexity index is 914. The summed E-state index contributed by atoms with van der Waals surface area (Å²) in [6.07, 6.45) is -4.66. The first-order valence-corrected chi connectivity index (χ1v) is 8.17. The molecule has 0 bridgehead atoms. The molecule has 2 aromatic carbocycles. The molecule has 0 amide bonds. The largest absolute Gasteiger partial charge is 0.480 e. The van der Waals surface area contributed by atoms with Crippen molar-refractivity contribution in [2.24, 2.45) is 0 Å². The Morgan fingerprint density at radius 3 is 2.29 bits per heavy atom. The van der Waals surface area contributed by atoms with Crippen LogP contribution < -0.4 is 10.1 Å². The van der Waals surface area contributed by atoms with Crippen LogP contribution in [0.2, 0.25) is 10.0 Å². The number of halogens is 5. The Labute approximate surface area is 165 Å². The molecule has 0 radical (unpaired) electrons. The van der Waals surface area contributed by atoms with E-state index in [1.807, 2.05) is 0 Å². The van der Waals surface area contributed by atoms with E-state index in [0.29, 0.717) is 12.1 Å². The van der Waals surface area contributed by atoms with E-state index in [1.165, 1.54) is 13.0 Å². The van der Waals surface area contributed by atoms with Gasteiger partial charge in [-0.1, -0.05) is 23.2 Å². The van der Waals surface area contributed by atoms with Crippen LogP contribution in [0.3, 0.4) is 0 Å². The first-order chi connectivity index (χ1) is 12.9. The Kier molecular flexibility index (Phi) is 6.25. The molecule has 12 heteroatoms. The summed E-state index contributed by atoms with van der Waals surface area (Å²) in [6.45, 7) is 1.27. The van der Waals surface area contributed by atoms with E-state index in [2.05, 4.69) is 5.32 Å². The van der Waals surface area contributed by atoms with Crippen molar-refractivity contribution in [1.29, 1.82) is 0 Å². The number of carboxylic acid groups (broad SMARTS) is 1. The third-order valence-corrected chi connectivity index (χ3v) is 4.01. The predicted molar refractivity (Wildman–Crippen MR) is 95.4 cm³/mol. The van der Waals surface area contributed by atoms with Crippen molar-refractivity contribution in [3.8, 4) is 11.5 Å². The van der Waals surface area contributed by atoms with Crippen molar-refractivity contribution in [1.82, 2.24) is 0 Å². The van der Waals surface area contributed by atoms with E-state index in [4.69, 9.17) is 33.0 Å². The second kappa shape index (κ2) is 8.11. The molecule has 2 rings (SSSR count). The van der Waals surface area contributed by atoms with Crippen molar-refractivity contribution >= 4 is 40.5 Å². The fourth-order valence-corrected chi connectivity index (χ4v) is 2.65. The number of rotatable bonds is 6. The van der Waals surface area contributed by atoms with Crippen molar-refractivity contribution in [2.45, 2.75) is 19.1 Å². The monoisotopic (exact) mass is 438 g/mol. The van der Waals surface area contributed by atoms with E-state index in [0.717, 1.165) is 12.1 Å². The molecule has 0 aromatic heterocycles. The minimum absolute atomic E-state index is 0.0609. The number of aliphatic carboxylic acids is 1. The number of nitro groups is 1. The van der Waals surface area contributed by atoms with Gasteiger partial charge in [0.1, 0.15) is 17.5 Å². The SMILES string of the molecule is CC(Nc1cc(Oc2c(Cl)cc(C(F)(F)F)cc2Cl)ccc1[N+](=O)[O-])C(=O)O. The van der Waals surface area contributed by atoms with Gasteiger partial charge in [0, 0.05) is 12.1 Å². The number of anilines is 1. The summed E-state index contributed by atoms with van der Waals surface area (Å²) in [5, 5.41) is 21.7. The molecule has 150 valence electrons. The Hall–Kier alpha value is -2.72. The summed E-state index contributed by atoms with van der Waals surface area (Å²) in [5.74, 6) is -1.61. The first-order valence-electron chi connectivity index (χ1n) is 7.42. The van der Waals surface area contributed by atoms with Gasteiger partial charge in [0.25, 0.3) is 5.69 Å². The molecule has 0 aliphatic rings. The normalized spacial score (nSPS) is 12.4. The second-order valence-corrected chi connectivity index (χ2v) is 6.32. The van der Waals surface area contributed by atoms with Crippen LogP contribution in [-0.4, -0.2) is 22.0 Å². The van der Waals surface area contributed by atoms with Crippen LogP contribution >= 0.6 is 23.2 Å². The average Bonchev–Trinajstić information content (AvgIpc) is 2.56. The molecule has 0 fully saturated rings. The second-order valence-electron chi connectivity index (χ2n) is 5.51. The van der Waals surface area contributed by atoms with Crippen LogP contribution in [0, 0.1) is 10.1 Å². The number of carboxylic acids is 1. The van der Waals surface area contributed by atoms with E-state index < -0.39 is 44.4 Å². The Balaban J connectivity index is 2.42. The fourth-order valence-electron chi connectivity index (χ4n) is 2.09. The zero-order valence-corrected chi connectivity index (χ0v) is 15.4. The van der Waals surface area contributed by atoms with E-state index >= 15 is 0 Å². The van der Waals surface area contributed by atoms with Gasteiger partial charge in [-0.3, -0.25) is 14.9 Å². The van der Waals surface area contributed by atoms with Gasteiger partial charge in [-0.05, 0) is 25.1 Å². The maximum absolute atomic E-state index is 12.8. The standard InChI is InChI=1S/C16H11Cl2F3N2O5/c1-7(15(24)25)22-12-6-9(2-3-13(12)23(26)27)28-14-10(17)4-8(5-11(14)18)16(19,20)21/h2-7,22H,1H3,(H,24,25). The van der Waals surface area contributed by atoms with Crippen molar-refractivity contribution in [3.63, 3.8) is 0 Å². The fraction of sp³-hybridized carbons (Fsp3) is 0.188. The number of ether oxygens (including phenoxy) is 1. The van der Waals surface area contributed by atoms with Gasteiger partial charge >= 0.3 is 12.1 Å². The van der Waals surface area contributed by atoms with E-state index in [9.17, 15) is 28.1 Å². The molecule has 1 unspecified atom stereocenters. The number of nitro benzene ring substituents is 1. The average molecular weight is 439 g/mol. The van der Waals surface area contributed by atoms with Gasteiger partial charge in [0.15, 0.2) is 5.75 Å². The maximum Gasteiger partial charge on any atom is 0.416 e. The van der Waals surface area contributed by atoms with E-state index in [1.54, 1.807) is 0 Å². The minimum atomic E-state index is -4.66. The summed E-state index contributed by atoms with van der Waals surface area (Å²) in [5.41, 5.74) is -1.67. The summed E-state index contributed by atoms with van der Waals surface area (Å²) in [7, 11) is 0. The lowest BCUT2D eigenvalue weighted by Crippen LogP contribution is -2.25. The minimum Gasteiger partial charge on any atom is -0.480 e. The van der Waals surface area contributed by atoms with Crippen molar-refractivity contribution in [2.75, 3.05) is 5.32 Å². The third kappa shape index (κ3) is 4.96. The quantitative estimate of drug-likeness (QED) is 0.449. The lowest BCUT2D eigenvalue weighted by molar-refractivity contribution is -0.384. The van der Waals surface area contributed by atoms with Crippen LogP contribution in [0.15, 0.2) is 30.3 Å². The van der Waals surface area contributed by atoms with Gasteiger partial charge in [0.05, 0.1) is 20.5 Å². The highest BCUT2D eigenvalue weighted by molar-refractivity contribution is 6.37. The lowest BCUT2D eigenvalue weighted by Gasteiger charge is -2.15. The van der Waals surface area contributed by atoms with Gasteiger partial charge in [-0.15, -0.1) is 0 Å². The van der Waals surface area contributed by atoms with Gasteiger partial charge in [-0.25, -0.2) is 0 Å². The number of alkyl halides is 3. The van der Waals surface area contributed by atoms with Crippen LogP contribution in [-0.2, 0) is 11.0 Å². The predicted octanol–water partition coefficient (Wildman–Crippen LogP) is 5.60. The molecule has 28 heavy (non-hydrogen) atoms. The number of benzene rings is 2. The highest BCUT2D eigenvalue weighted by atomic mass is 35.5. The zero-order valence-electron chi connectivity index (χ0n) is 13.9. The number of nitrogens with one attached hydrogen (secondary N) is 1. The molecular formula is C16H11Cl2F3N2O5. The van der Waals surface area contributed by atoms with Crippen molar-refractivity contribution < 1.29 is 32.7 Å². The van der Waals surface area contributed by atoms with Crippen LogP contribution in [0.4, 0.5) is 24.5 Å². The molecule has 0 heterocycles. The Morgan fingerprint density at radius 2 is 1.82 bits per heavy atom. The number of hydrogen-bond acceptors (Lipinski definition) is 5. The first kappa shape index (κ1) is 21.6. The highest BCUT2D eigenvalue weighted by Crippen LogP contribution is 2.42. The summed E-state index contributed by atoms with van der Waals surface area (Å²) in [6, 6.07) is 3.41. The Morgan fingerprint density at radius 1 is 1.25 bits per heavy atom. The topological polar surface area (TPSA) is 102 Å². The van der Waals surface area contributed by atoms with E-state index in [-0.39, 0.29) is 17.2 Å². The molecule has 0 saturated heterocycles. The summed E-state index contributed by atoms with van der Waals surface area (Å²) < 4.78 is 43.7. The van der Waals surface area contributed by atoms with Crippen LogP contribution in [0.5, 0.6) is 11.5 Å². The van der Waals surface area contributed by atoms with Gasteiger partial charge in [0.2, 0.25) is 0 Å². The van der Waals surface area contributed by atoms with Crippen molar-refractivity contribution in [3.05, 3.63) is 56.1 Å². The van der Waals surface area contributed by atoms with Crippen LogP contribution in [0.1, 0.15) is 12.5 Å². The smallest absolute Gasteiger partial charge is 0.416 e.